The Hall–Kier alpha value is -2.32. The first kappa shape index (κ1) is 20.0. The van der Waals surface area contributed by atoms with Gasteiger partial charge in [-0.15, -0.1) is 0 Å². The maximum Gasteiger partial charge on any atom is 0.246 e. The molecule has 2 aliphatic heterocycles. The SMILES string of the molecule is COc1cccc(N2CCN(c3ccncc3S(=O)(=O)N3CCCCC3)CC2)c1. The summed E-state index contributed by atoms with van der Waals surface area (Å²) in [4.78, 5) is 8.92. The third-order valence-corrected chi connectivity index (χ3v) is 7.65. The molecule has 0 N–H and O–H groups in total. The smallest absolute Gasteiger partial charge is 0.246 e. The summed E-state index contributed by atoms with van der Waals surface area (Å²) in [6.07, 6.45) is 6.13. The fraction of sp³-hybridized carbons (Fsp3) is 0.476. The average molecular weight is 417 g/mol. The molecule has 2 aliphatic rings. The summed E-state index contributed by atoms with van der Waals surface area (Å²) >= 11 is 0. The number of sulfonamides is 1. The number of pyridine rings is 1. The number of hydrogen-bond donors (Lipinski definition) is 0. The molecule has 0 saturated carbocycles. The van der Waals surface area contributed by atoms with Crippen LogP contribution < -0.4 is 14.5 Å². The molecular weight excluding hydrogens is 388 g/mol. The van der Waals surface area contributed by atoms with Crippen molar-refractivity contribution in [3.8, 4) is 5.75 Å². The van der Waals surface area contributed by atoms with Gasteiger partial charge in [-0.1, -0.05) is 12.5 Å². The molecule has 0 aliphatic carbocycles. The van der Waals surface area contributed by atoms with Crippen LogP contribution in [0.3, 0.4) is 0 Å². The number of hydrogen-bond acceptors (Lipinski definition) is 6. The highest BCUT2D eigenvalue weighted by Crippen LogP contribution is 2.30. The Balaban J connectivity index is 1.52. The van der Waals surface area contributed by atoms with E-state index >= 15 is 0 Å². The standard InChI is InChI=1S/C21H28N4O3S/c1-28-19-7-5-6-18(16-19)23-12-14-24(15-13-23)20-8-9-22-17-21(20)29(26,27)25-10-3-2-4-11-25/h5-9,16-17H,2-4,10-15H2,1H3. The molecule has 8 heteroatoms. The molecule has 1 aromatic carbocycles. The molecule has 0 radical (unpaired) electrons. The lowest BCUT2D eigenvalue weighted by atomic mass is 10.2. The third kappa shape index (κ3) is 4.18. The average Bonchev–Trinajstić information content (AvgIpc) is 2.80. The predicted octanol–water partition coefficient (Wildman–Crippen LogP) is 2.59. The van der Waals surface area contributed by atoms with Crippen LogP contribution in [-0.2, 0) is 10.0 Å². The number of ether oxygens (including phenoxy) is 1. The van der Waals surface area contributed by atoms with Gasteiger partial charge in [0.05, 0.1) is 12.8 Å². The van der Waals surface area contributed by atoms with Crippen LogP contribution in [0.5, 0.6) is 5.75 Å². The molecule has 156 valence electrons. The summed E-state index contributed by atoms with van der Waals surface area (Å²) in [6, 6.07) is 9.88. The van der Waals surface area contributed by atoms with E-state index in [1.165, 1.54) is 6.20 Å². The number of benzene rings is 1. The number of aromatic nitrogens is 1. The molecule has 2 fully saturated rings. The van der Waals surface area contributed by atoms with E-state index < -0.39 is 10.0 Å². The summed E-state index contributed by atoms with van der Waals surface area (Å²) in [5.74, 6) is 0.842. The van der Waals surface area contributed by atoms with Crippen molar-refractivity contribution >= 4 is 21.4 Å². The van der Waals surface area contributed by atoms with E-state index in [1.54, 1.807) is 17.6 Å². The Kier molecular flexibility index (Phi) is 5.91. The second-order valence-corrected chi connectivity index (χ2v) is 9.39. The molecule has 29 heavy (non-hydrogen) atoms. The zero-order valence-electron chi connectivity index (χ0n) is 16.8. The second-order valence-electron chi connectivity index (χ2n) is 7.48. The lowest BCUT2D eigenvalue weighted by Gasteiger charge is -2.38. The lowest BCUT2D eigenvalue weighted by molar-refractivity contribution is 0.346. The molecule has 0 amide bonds. The van der Waals surface area contributed by atoms with Crippen LogP contribution >= 0.6 is 0 Å². The van der Waals surface area contributed by atoms with Crippen molar-refractivity contribution in [3.05, 3.63) is 42.7 Å². The maximum atomic E-state index is 13.2. The lowest BCUT2D eigenvalue weighted by Crippen LogP contribution is -2.47. The van der Waals surface area contributed by atoms with Crippen LogP contribution in [-0.4, -0.2) is 64.1 Å². The summed E-state index contributed by atoms with van der Waals surface area (Å²) in [5.41, 5.74) is 1.88. The van der Waals surface area contributed by atoms with E-state index in [4.69, 9.17) is 4.74 Å². The van der Waals surface area contributed by atoms with Crippen molar-refractivity contribution in [2.45, 2.75) is 24.2 Å². The minimum atomic E-state index is -3.52. The second kappa shape index (κ2) is 8.59. The summed E-state index contributed by atoms with van der Waals surface area (Å²) in [5, 5.41) is 0. The fourth-order valence-electron chi connectivity index (χ4n) is 4.09. The van der Waals surface area contributed by atoms with Crippen LogP contribution in [0.1, 0.15) is 19.3 Å². The zero-order valence-corrected chi connectivity index (χ0v) is 17.6. The maximum absolute atomic E-state index is 13.2. The largest absolute Gasteiger partial charge is 0.497 e. The van der Waals surface area contributed by atoms with Crippen molar-refractivity contribution in [1.29, 1.82) is 0 Å². The first-order valence-electron chi connectivity index (χ1n) is 10.2. The van der Waals surface area contributed by atoms with Crippen molar-refractivity contribution in [3.63, 3.8) is 0 Å². The van der Waals surface area contributed by atoms with Crippen LogP contribution in [0, 0.1) is 0 Å². The number of rotatable bonds is 5. The number of piperidine rings is 1. The van der Waals surface area contributed by atoms with Gasteiger partial charge in [0.1, 0.15) is 10.6 Å². The minimum absolute atomic E-state index is 0.330. The fourth-order valence-corrected chi connectivity index (χ4v) is 5.76. The Morgan fingerprint density at radius 2 is 1.66 bits per heavy atom. The van der Waals surface area contributed by atoms with Gasteiger partial charge >= 0.3 is 0 Å². The molecule has 4 rings (SSSR count). The molecule has 0 spiro atoms. The van der Waals surface area contributed by atoms with E-state index in [1.807, 2.05) is 24.3 Å². The highest BCUT2D eigenvalue weighted by molar-refractivity contribution is 7.89. The number of piperazine rings is 1. The molecule has 1 aromatic heterocycles. The first-order chi connectivity index (χ1) is 14.1. The van der Waals surface area contributed by atoms with Gasteiger partial charge in [0.25, 0.3) is 0 Å². The monoisotopic (exact) mass is 416 g/mol. The number of anilines is 2. The Morgan fingerprint density at radius 3 is 2.38 bits per heavy atom. The van der Waals surface area contributed by atoms with Crippen LogP contribution in [0.4, 0.5) is 11.4 Å². The molecule has 7 nitrogen and oxygen atoms in total. The number of nitrogens with zero attached hydrogens (tertiary/aromatic N) is 4. The summed E-state index contributed by atoms with van der Waals surface area (Å²) in [7, 11) is -1.85. The Bertz CT molecular complexity index is 936. The van der Waals surface area contributed by atoms with Crippen molar-refractivity contribution < 1.29 is 13.2 Å². The topological polar surface area (TPSA) is 66.0 Å². The Morgan fingerprint density at radius 1 is 0.931 bits per heavy atom. The quantitative estimate of drug-likeness (QED) is 0.747. The molecule has 2 saturated heterocycles. The van der Waals surface area contributed by atoms with E-state index in [0.29, 0.717) is 18.0 Å². The molecule has 0 atom stereocenters. The van der Waals surface area contributed by atoms with Gasteiger partial charge in [-0.2, -0.15) is 4.31 Å². The van der Waals surface area contributed by atoms with Gasteiger partial charge < -0.3 is 14.5 Å². The van der Waals surface area contributed by atoms with E-state index in [0.717, 1.165) is 62.6 Å². The Labute approximate surface area is 172 Å². The predicted molar refractivity (Wildman–Crippen MR) is 114 cm³/mol. The minimum Gasteiger partial charge on any atom is -0.497 e. The van der Waals surface area contributed by atoms with Crippen molar-refractivity contribution in [2.24, 2.45) is 0 Å². The summed E-state index contributed by atoms with van der Waals surface area (Å²) in [6.45, 7) is 4.34. The van der Waals surface area contributed by atoms with E-state index in [9.17, 15) is 8.42 Å². The van der Waals surface area contributed by atoms with Crippen LogP contribution in [0.25, 0.3) is 0 Å². The van der Waals surface area contributed by atoms with Crippen LogP contribution in [0.15, 0.2) is 47.6 Å². The number of methoxy groups -OCH3 is 1. The van der Waals surface area contributed by atoms with Gasteiger partial charge in [-0.05, 0) is 31.0 Å². The van der Waals surface area contributed by atoms with Gasteiger partial charge in [-0.3, -0.25) is 4.98 Å². The third-order valence-electron chi connectivity index (χ3n) is 5.73. The molecule has 3 heterocycles. The molecular formula is C21H28N4O3S. The molecule has 0 unspecified atom stereocenters. The van der Waals surface area contributed by atoms with Gasteiger partial charge in [0, 0.05) is 63.4 Å². The molecule has 2 aromatic rings. The van der Waals surface area contributed by atoms with Crippen LogP contribution in [0.2, 0.25) is 0 Å². The highest BCUT2D eigenvalue weighted by Gasteiger charge is 2.31. The van der Waals surface area contributed by atoms with Crippen molar-refractivity contribution in [2.75, 3.05) is 56.2 Å². The first-order valence-corrected chi connectivity index (χ1v) is 11.6. The van der Waals surface area contributed by atoms with Gasteiger partial charge in [0.2, 0.25) is 10.0 Å². The van der Waals surface area contributed by atoms with Crippen molar-refractivity contribution in [1.82, 2.24) is 9.29 Å². The summed E-state index contributed by atoms with van der Waals surface area (Å²) < 4.78 is 33.4. The molecule has 0 bridgehead atoms. The van der Waals surface area contributed by atoms with E-state index in [-0.39, 0.29) is 0 Å². The van der Waals surface area contributed by atoms with E-state index in [2.05, 4.69) is 20.9 Å². The van der Waals surface area contributed by atoms with Gasteiger partial charge in [-0.25, -0.2) is 8.42 Å². The normalized spacial score (nSPS) is 18.7. The highest BCUT2D eigenvalue weighted by atomic mass is 32.2. The zero-order chi connectivity index (χ0) is 20.3. The van der Waals surface area contributed by atoms with Gasteiger partial charge in [0.15, 0.2) is 0 Å².